The van der Waals surface area contributed by atoms with Crippen LogP contribution >= 0.6 is 0 Å². The van der Waals surface area contributed by atoms with Crippen LogP contribution in [0.25, 0.3) is 0 Å². The van der Waals surface area contributed by atoms with Crippen molar-refractivity contribution in [3.63, 3.8) is 0 Å². The SMILES string of the molecule is CCCCC1[CH-]C=C(CCc2ccc(O)c(OCC[C+]3C=C([C@H](C)CCNC)C=N3)c2)O1. The molecule has 174 valence electrons. The molecule has 0 spiro atoms. The number of unbranched alkanes of at least 4 members (excludes halogenated alkanes) is 1. The lowest BCUT2D eigenvalue weighted by Gasteiger charge is -2.20. The second kappa shape index (κ2) is 12.5. The molecule has 0 bridgehead atoms. The number of hydrogen-bond acceptors (Lipinski definition) is 5. The summed E-state index contributed by atoms with van der Waals surface area (Å²) in [5, 5.41) is 13.4. The Morgan fingerprint density at radius 2 is 2.22 bits per heavy atom. The van der Waals surface area contributed by atoms with Crippen LogP contribution in [0.1, 0.15) is 57.9 Å². The molecule has 1 aromatic carbocycles. The smallest absolute Gasteiger partial charge is 0.176 e. The molecule has 0 radical (unpaired) electrons. The third-order valence-corrected chi connectivity index (χ3v) is 6.05. The Kier molecular flexibility index (Phi) is 9.42. The van der Waals surface area contributed by atoms with E-state index in [1.807, 2.05) is 25.4 Å². The van der Waals surface area contributed by atoms with Gasteiger partial charge in [0.25, 0.3) is 0 Å². The first kappa shape index (κ1) is 24.1. The number of allylic oxidation sites excluding steroid dienone is 2. The Labute approximate surface area is 193 Å². The van der Waals surface area contributed by atoms with Gasteiger partial charge in [-0.05, 0) is 57.5 Å². The predicted molar refractivity (Wildman–Crippen MR) is 131 cm³/mol. The number of rotatable bonds is 14. The van der Waals surface area contributed by atoms with E-state index in [1.54, 1.807) is 6.07 Å². The maximum Gasteiger partial charge on any atom is 0.176 e. The fourth-order valence-electron chi connectivity index (χ4n) is 3.91. The van der Waals surface area contributed by atoms with E-state index in [0.717, 1.165) is 56.0 Å². The molecule has 0 saturated heterocycles. The quantitative estimate of drug-likeness (QED) is 0.373. The maximum absolute atomic E-state index is 10.2. The van der Waals surface area contributed by atoms with E-state index in [2.05, 4.69) is 42.7 Å². The second-order valence-corrected chi connectivity index (χ2v) is 8.71. The van der Waals surface area contributed by atoms with Crippen LogP contribution in [-0.4, -0.2) is 37.6 Å². The van der Waals surface area contributed by atoms with Gasteiger partial charge in [-0.25, -0.2) is 0 Å². The summed E-state index contributed by atoms with van der Waals surface area (Å²) in [4.78, 5) is 4.53. The molecule has 0 saturated carbocycles. The minimum atomic E-state index is 0.176. The van der Waals surface area contributed by atoms with Gasteiger partial charge in [-0.3, -0.25) is 0 Å². The van der Waals surface area contributed by atoms with E-state index in [0.29, 0.717) is 18.3 Å². The fourth-order valence-corrected chi connectivity index (χ4v) is 3.91. The summed E-state index contributed by atoms with van der Waals surface area (Å²) >= 11 is 0. The van der Waals surface area contributed by atoms with Gasteiger partial charge >= 0.3 is 0 Å². The molecule has 2 atom stereocenters. The number of aryl methyl sites for hydroxylation is 1. The van der Waals surface area contributed by atoms with E-state index in [-0.39, 0.29) is 11.9 Å². The van der Waals surface area contributed by atoms with Gasteiger partial charge in [0.2, 0.25) is 0 Å². The summed E-state index contributed by atoms with van der Waals surface area (Å²) in [6.07, 6.45) is 15.6. The van der Waals surface area contributed by atoms with Gasteiger partial charge in [-0.15, -0.1) is 4.99 Å². The number of benzene rings is 1. The third-order valence-electron chi connectivity index (χ3n) is 6.05. The minimum absolute atomic E-state index is 0.176. The van der Waals surface area contributed by atoms with Crippen molar-refractivity contribution in [3.8, 4) is 11.5 Å². The van der Waals surface area contributed by atoms with Gasteiger partial charge in [0.1, 0.15) is 12.2 Å². The summed E-state index contributed by atoms with van der Waals surface area (Å²) in [6, 6.07) is 6.64. The molecule has 2 heterocycles. The fraction of sp³-hybridized carbons (Fsp3) is 0.519. The normalized spacial score (nSPS) is 18.2. The van der Waals surface area contributed by atoms with Crippen molar-refractivity contribution < 1.29 is 14.6 Å². The third kappa shape index (κ3) is 7.27. The number of ether oxygens (including phenoxy) is 2. The van der Waals surface area contributed by atoms with Crippen LogP contribution in [0.15, 0.2) is 46.7 Å². The van der Waals surface area contributed by atoms with Crippen molar-refractivity contribution >= 4 is 6.21 Å². The molecule has 0 aliphatic carbocycles. The van der Waals surface area contributed by atoms with Crippen molar-refractivity contribution in [2.24, 2.45) is 10.9 Å². The van der Waals surface area contributed by atoms with Crippen LogP contribution in [0.2, 0.25) is 0 Å². The number of nitrogens with zero attached hydrogens (tertiary/aromatic N) is 1. The first-order valence-corrected chi connectivity index (χ1v) is 12.0. The summed E-state index contributed by atoms with van der Waals surface area (Å²) in [6.45, 7) is 5.92. The van der Waals surface area contributed by atoms with Crippen molar-refractivity contribution in [1.29, 1.82) is 0 Å². The van der Waals surface area contributed by atoms with Gasteiger partial charge in [-0.1, -0.05) is 38.0 Å². The number of phenolic OH excluding ortho intramolecular Hbond substituents is 1. The lowest BCUT2D eigenvalue weighted by atomic mass is 9.98. The highest BCUT2D eigenvalue weighted by atomic mass is 16.5. The topological polar surface area (TPSA) is 63.1 Å². The molecule has 32 heavy (non-hydrogen) atoms. The average molecular weight is 439 g/mol. The van der Waals surface area contributed by atoms with Crippen LogP contribution in [-0.2, 0) is 11.2 Å². The maximum atomic E-state index is 10.2. The Morgan fingerprint density at radius 3 is 3.03 bits per heavy atom. The monoisotopic (exact) mass is 438 g/mol. The number of aliphatic imine (C=N–C) groups is 1. The summed E-state index contributed by atoms with van der Waals surface area (Å²) < 4.78 is 11.9. The first-order valence-electron chi connectivity index (χ1n) is 12.0. The highest BCUT2D eigenvalue weighted by molar-refractivity contribution is 5.83. The van der Waals surface area contributed by atoms with E-state index in [4.69, 9.17) is 9.47 Å². The van der Waals surface area contributed by atoms with Crippen LogP contribution in [0.5, 0.6) is 11.5 Å². The van der Waals surface area contributed by atoms with Gasteiger partial charge < -0.3 is 19.9 Å². The zero-order valence-corrected chi connectivity index (χ0v) is 19.8. The molecule has 0 amide bonds. The van der Waals surface area contributed by atoms with Crippen LogP contribution in [0, 0.1) is 18.4 Å². The molecule has 2 aliphatic rings. The van der Waals surface area contributed by atoms with E-state index in [9.17, 15) is 5.11 Å². The molecule has 0 fully saturated rings. The van der Waals surface area contributed by atoms with Gasteiger partial charge in [-0.2, -0.15) is 12.5 Å². The molecule has 1 aromatic rings. The number of aromatic hydroxyl groups is 1. The Morgan fingerprint density at radius 1 is 1.34 bits per heavy atom. The van der Waals surface area contributed by atoms with Crippen LogP contribution in [0.4, 0.5) is 0 Å². The molecule has 2 N–H and O–H groups in total. The van der Waals surface area contributed by atoms with Crippen molar-refractivity contribution in [1.82, 2.24) is 5.32 Å². The molecule has 3 rings (SSSR count). The molecular weight excluding hydrogens is 400 g/mol. The zero-order valence-electron chi connectivity index (χ0n) is 19.8. The summed E-state index contributed by atoms with van der Waals surface area (Å²) in [7, 11) is 1.98. The predicted octanol–water partition coefficient (Wildman–Crippen LogP) is 5.56. The largest absolute Gasteiger partial charge is 0.592 e. The lowest BCUT2D eigenvalue weighted by molar-refractivity contribution is 0.147. The minimum Gasteiger partial charge on any atom is -0.592 e. The second-order valence-electron chi connectivity index (χ2n) is 8.71. The number of phenols is 1. The molecule has 5 heteroatoms. The molecular formula is C27H38N2O3. The van der Waals surface area contributed by atoms with Gasteiger partial charge in [0, 0.05) is 12.0 Å². The summed E-state index contributed by atoms with van der Waals surface area (Å²) in [5.74, 6) is 2.24. The van der Waals surface area contributed by atoms with Crippen molar-refractivity contribution in [3.05, 3.63) is 59.7 Å². The lowest BCUT2D eigenvalue weighted by Crippen LogP contribution is -2.12. The molecule has 2 aliphatic heterocycles. The van der Waals surface area contributed by atoms with Crippen molar-refractivity contribution in [2.75, 3.05) is 20.2 Å². The average Bonchev–Trinajstić information content (AvgIpc) is 3.46. The molecule has 5 nitrogen and oxygen atoms in total. The number of hydrogen-bond donors (Lipinski definition) is 2. The molecule has 0 aromatic heterocycles. The standard InChI is InChI=1S/C27H38N2O3/c1-4-5-6-24-10-11-25(32-24)9-7-21-8-12-26(30)27(17-21)31-16-14-23-18-22(19-29-23)20(2)13-15-28-3/h8,10-12,17-20,24,28,30H,4-7,9,13-16H2,1-3H3/t20-,24?/m1/s1. The van der Waals surface area contributed by atoms with E-state index < -0.39 is 0 Å². The van der Waals surface area contributed by atoms with Gasteiger partial charge in [0.05, 0.1) is 12.5 Å². The highest BCUT2D eigenvalue weighted by Crippen LogP contribution is 2.30. The van der Waals surface area contributed by atoms with Crippen LogP contribution in [0.3, 0.4) is 0 Å². The first-order chi connectivity index (χ1) is 15.6. The van der Waals surface area contributed by atoms with Crippen LogP contribution < -0.4 is 10.1 Å². The number of nitrogens with one attached hydrogen (secondary N) is 1. The van der Waals surface area contributed by atoms with E-state index in [1.165, 1.54) is 18.4 Å². The summed E-state index contributed by atoms with van der Waals surface area (Å²) in [5.41, 5.74) is 2.41. The highest BCUT2D eigenvalue weighted by Gasteiger charge is 2.25. The Hall–Kier alpha value is -2.53. The van der Waals surface area contributed by atoms with E-state index >= 15 is 0 Å². The zero-order chi connectivity index (χ0) is 22.8. The Balaban J connectivity index is 1.42. The Bertz CT molecular complexity index is 815. The van der Waals surface area contributed by atoms with Crippen molar-refractivity contribution in [2.45, 2.75) is 64.9 Å². The molecule has 1 unspecified atom stereocenters. The van der Waals surface area contributed by atoms with Gasteiger partial charge in [0.15, 0.2) is 23.8 Å².